The first-order chi connectivity index (χ1) is 16.6. The maximum Gasteiger partial charge on any atom is 0.407 e. The topological polar surface area (TPSA) is 105 Å². The largest absolute Gasteiger partial charge is 0.480 e. The third-order valence-electron chi connectivity index (χ3n) is 6.39. The molecular weight excluding hydrogens is 465 g/mol. The van der Waals surface area contributed by atoms with Crippen molar-refractivity contribution in [1.29, 1.82) is 0 Å². The van der Waals surface area contributed by atoms with Gasteiger partial charge in [0, 0.05) is 12.5 Å². The number of carboxylic acids is 1. The normalized spacial score (nSPS) is 16.5. The predicted octanol–water partition coefficient (Wildman–Crippen LogP) is 4.07. The highest BCUT2D eigenvalue weighted by atomic mass is 19.4. The van der Waals surface area contributed by atoms with E-state index in [4.69, 9.17) is 4.74 Å². The molecule has 4 rings (SSSR count). The standard InChI is InChI=1S/C25H25F3N2O5/c26-25(27,28)20(22(31)30-21(23(32)33)11-14-9-10-14)12-29-24(34)35-13-19-17-7-3-1-5-15(17)16-6-2-4-8-18(16)19/h1-8,14,19-21H,9-13H2,(H,29,34)(H,30,31)(H,32,33). The van der Waals surface area contributed by atoms with E-state index in [1.54, 1.807) is 0 Å². The van der Waals surface area contributed by atoms with Crippen molar-refractivity contribution in [2.75, 3.05) is 13.2 Å². The molecule has 2 aromatic carbocycles. The minimum absolute atomic E-state index is 0.0749. The molecular formula is C25H25F3N2O5. The predicted molar refractivity (Wildman–Crippen MR) is 120 cm³/mol. The number of fused-ring (bicyclic) bond motifs is 3. The quantitative estimate of drug-likeness (QED) is 0.492. The zero-order chi connectivity index (χ0) is 25.2. The van der Waals surface area contributed by atoms with Gasteiger partial charge in [0.15, 0.2) is 5.92 Å². The Labute approximate surface area is 199 Å². The molecule has 2 unspecified atom stereocenters. The fraction of sp³-hybridized carbons (Fsp3) is 0.400. The number of rotatable bonds is 9. The summed E-state index contributed by atoms with van der Waals surface area (Å²) in [5, 5.41) is 13.2. The zero-order valence-electron chi connectivity index (χ0n) is 18.7. The van der Waals surface area contributed by atoms with Crippen LogP contribution in [0.15, 0.2) is 48.5 Å². The maximum atomic E-state index is 13.5. The molecule has 0 bridgehead atoms. The molecule has 1 saturated carbocycles. The van der Waals surface area contributed by atoms with Gasteiger partial charge in [-0.05, 0) is 34.6 Å². The van der Waals surface area contributed by atoms with Crippen molar-refractivity contribution >= 4 is 18.0 Å². The minimum atomic E-state index is -4.98. The van der Waals surface area contributed by atoms with E-state index in [1.165, 1.54) is 0 Å². The number of alkyl halides is 3. The Morgan fingerprint density at radius 3 is 2.09 bits per heavy atom. The van der Waals surface area contributed by atoms with Gasteiger partial charge in [-0.25, -0.2) is 9.59 Å². The third-order valence-corrected chi connectivity index (χ3v) is 6.39. The number of amides is 2. The molecule has 0 aromatic heterocycles. The van der Waals surface area contributed by atoms with E-state index in [2.05, 4.69) is 0 Å². The Hall–Kier alpha value is -3.56. The molecule has 0 spiro atoms. The lowest BCUT2D eigenvalue weighted by Crippen LogP contribution is -2.51. The smallest absolute Gasteiger partial charge is 0.407 e. The molecule has 7 nitrogen and oxygen atoms in total. The lowest BCUT2D eigenvalue weighted by molar-refractivity contribution is -0.182. The Bertz CT molecular complexity index is 1070. The van der Waals surface area contributed by atoms with Crippen LogP contribution in [0.2, 0.25) is 0 Å². The van der Waals surface area contributed by atoms with Crippen molar-refractivity contribution in [3.8, 4) is 11.1 Å². The highest BCUT2D eigenvalue weighted by Gasteiger charge is 2.46. The van der Waals surface area contributed by atoms with Gasteiger partial charge in [0.25, 0.3) is 0 Å². The first kappa shape index (κ1) is 24.6. The number of alkyl carbamates (subject to hydrolysis) is 1. The second-order valence-corrected chi connectivity index (χ2v) is 8.88. The molecule has 2 amide bonds. The van der Waals surface area contributed by atoms with Crippen LogP contribution in [0.3, 0.4) is 0 Å². The van der Waals surface area contributed by atoms with Crippen LogP contribution in [0.25, 0.3) is 11.1 Å². The van der Waals surface area contributed by atoms with E-state index in [-0.39, 0.29) is 24.9 Å². The summed E-state index contributed by atoms with van der Waals surface area (Å²) in [4.78, 5) is 35.8. The number of carbonyl (C=O) groups is 3. The molecule has 0 aliphatic heterocycles. The van der Waals surface area contributed by atoms with Crippen molar-refractivity contribution < 1.29 is 37.4 Å². The minimum Gasteiger partial charge on any atom is -0.480 e. The first-order valence-electron chi connectivity index (χ1n) is 11.3. The maximum absolute atomic E-state index is 13.5. The molecule has 35 heavy (non-hydrogen) atoms. The number of ether oxygens (including phenoxy) is 1. The van der Waals surface area contributed by atoms with Crippen molar-refractivity contribution in [2.45, 2.75) is 37.4 Å². The molecule has 10 heteroatoms. The van der Waals surface area contributed by atoms with E-state index in [1.807, 2.05) is 59.2 Å². The summed E-state index contributed by atoms with van der Waals surface area (Å²) < 4.78 is 45.7. The van der Waals surface area contributed by atoms with E-state index in [0.717, 1.165) is 35.1 Å². The third kappa shape index (κ3) is 5.75. The fourth-order valence-electron chi connectivity index (χ4n) is 4.37. The lowest BCUT2D eigenvalue weighted by Gasteiger charge is -2.23. The molecule has 2 aliphatic rings. The Balaban J connectivity index is 1.35. The van der Waals surface area contributed by atoms with E-state index in [0.29, 0.717) is 0 Å². The van der Waals surface area contributed by atoms with E-state index in [9.17, 15) is 32.7 Å². The van der Waals surface area contributed by atoms with Gasteiger partial charge in [0.05, 0.1) is 0 Å². The van der Waals surface area contributed by atoms with Crippen LogP contribution in [0.4, 0.5) is 18.0 Å². The number of carboxylic acid groups (broad SMARTS) is 1. The highest BCUT2D eigenvalue weighted by molar-refractivity contribution is 5.86. The Morgan fingerprint density at radius 2 is 1.57 bits per heavy atom. The SMILES string of the molecule is O=C(NCC(C(=O)NC(CC1CC1)C(=O)O)C(F)(F)F)OCC1c2ccccc2-c2ccccc21. The molecule has 186 valence electrons. The molecule has 2 aliphatic carbocycles. The van der Waals surface area contributed by atoms with Gasteiger partial charge in [-0.15, -0.1) is 0 Å². The van der Waals surface area contributed by atoms with Gasteiger partial charge in [0.2, 0.25) is 5.91 Å². The van der Waals surface area contributed by atoms with Crippen LogP contribution in [-0.2, 0) is 14.3 Å². The average molecular weight is 490 g/mol. The number of carbonyl (C=O) groups excluding carboxylic acids is 2. The summed E-state index contributed by atoms with van der Waals surface area (Å²) in [6.45, 7) is -1.16. The highest BCUT2D eigenvalue weighted by Crippen LogP contribution is 2.44. The van der Waals surface area contributed by atoms with Crippen molar-refractivity contribution in [3.63, 3.8) is 0 Å². The number of benzene rings is 2. The van der Waals surface area contributed by atoms with Gasteiger partial charge < -0.3 is 20.5 Å². The van der Waals surface area contributed by atoms with Crippen LogP contribution < -0.4 is 10.6 Å². The molecule has 0 saturated heterocycles. The number of nitrogens with one attached hydrogen (secondary N) is 2. The second-order valence-electron chi connectivity index (χ2n) is 8.88. The molecule has 1 fully saturated rings. The lowest BCUT2D eigenvalue weighted by atomic mass is 9.98. The number of hydrogen-bond acceptors (Lipinski definition) is 4. The summed E-state index contributed by atoms with van der Waals surface area (Å²) in [6, 6.07) is 13.8. The Morgan fingerprint density at radius 1 is 1.00 bits per heavy atom. The summed E-state index contributed by atoms with van der Waals surface area (Å²) >= 11 is 0. The van der Waals surface area contributed by atoms with Crippen molar-refractivity contribution in [3.05, 3.63) is 59.7 Å². The van der Waals surface area contributed by atoms with Gasteiger partial charge in [-0.3, -0.25) is 4.79 Å². The molecule has 3 N–H and O–H groups in total. The van der Waals surface area contributed by atoms with Gasteiger partial charge in [-0.1, -0.05) is 61.4 Å². The van der Waals surface area contributed by atoms with Gasteiger partial charge >= 0.3 is 18.2 Å². The summed E-state index contributed by atoms with van der Waals surface area (Å²) in [5.41, 5.74) is 3.91. The summed E-state index contributed by atoms with van der Waals surface area (Å²) in [7, 11) is 0. The van der Waals surface area contributed by atoms with Crippen LogP contribution in [0, 0.1) is 11.8 Å². The van der Waals surface area contributed by atoms with Gasteiger partial charge in [0.1, 0.15) is 12.6 Å². The van der Waals surface area contributed by atoms with E-state index >= 15 is 0 Å². The average Bonchev–Trinajstić information content (AvgIpc) is 3.57. The second kappa shape index (κ2) is 9.97. The van der Waals surface area contributed by atoms with E-state index < -0.39 is 42.7 Å². The van der Waals surface area contributed by atoms with Crippen LogP contribution in [0.1, 0.15) is 36.3 Å². The molecule has 2 aromatic rings. The van der Waals surface area contributed by atoms with Crippen LogP contribution in [0.5, 0.6) is 0 Å². The van der Waals surface area contributed by atoms with Crippen molar-refractivity contribution in [2.24, 2.45) is 11.8 Å². The van der Waals surface area contributed by atoms with Crippen molar-refractivity contribution in [1.82, 2.24) is 10.6 Å². The summed E-state index contributed by atoms with van der Waals surface area (Å²) in [5.74, 6) is -5.68. The summed E-state index contributed by atoms with van der Waals surface area (Å²) in [6.07, 6.45) is -4.44. The number of aliphatic carboxylic acids is 1. The molecule has 0 heterocycles. The Kier molecular flexibility index (Phi) is 7.00. The van der Waals surface area contributed by atoms with Crippen LogP contribution in [-0.4, -0.2) is 48.4 Å². The number of hydrogen-bond donors (Lipinski definition) is 3. The monoisotopic (exact) mass is 490 g/mol. The molecule has 2 atom stereocenters. The molecule has 0 radical (unpaired) electrons. The number of halogens is 3. The van der Waals surface area contributed by atoms with Crippen LogP contribution >= 0.6 is 0 Å². The zero-order valence-corrected chi connectivity index (χ0v) is 18.7. The first-order valence-corrected chi connectivity index (χ1v) is 11.3. The van der Waals surface area contributed by atoms with Gasteiger partial charge in [-0.2, -0.15) is 13.2 Å². The fourth-order valence-corrected chi connectivity index (χ4v) is 4.37.